The van der Waals surface area contributed by atoms with Crippen molar-refractivity contribution in [1.82, 2.24) is 20.7 Å². The van der Waals surface area contributed by atoms with Gasteiger partial charge in [-0.05, 0) is 40.9 Å². The van der Waals surface area contributed by atoms with Crippen LogP contribution < -0.4 is 16.0 Å². The van der Waals surface area contributed by atoms with Crippen LogP contribution in [0, 0.1) is 13.8 Å². The lowest BCUT2D eigenvalue weighted by Crippen LogP contribution is -2.50. The Kier molecular flexibility index (Phi) is 8.62. The van der Waals surface area contributed by atoms with E-state index in [-0.39, 0.29) is 18.9 Å². The van der Waals surface area contributed by atoms with Crippen LogP contribution in [-0.2, 0) is 9.53 Å². The molecule has 29 heavy (non-hydrogen) atoms. The smallest absolute Gasteiger partial charge is 0.319 e. The van der Waals surface area contributed by atoms with E-state index in [9.17, 15) is 14.7 Å². The van der Waals surface area contributed by atoms with Gasteiger partial charge in [0.05, 0.1) is 25.2 Å². The van der Waals surface area contributed by atoms with Gasteiger partial charge in [-0.1, -0.05) is 17.3 Å². The predicted octanol–water partition coefficient (Wildman–Crippen LogP) is 0.555. The fourth-order valence-corrected chi connectivity index (χ4v) is 2.98. The minimum absolute atomic E-state index is 0.113. The van der Waals surface area contributed by atoms with Gasteiger partial charge in [-0.2, -0.15) is 0 Å². The van der Waals surface area contributed by atoms with Crippen molar-refractivity contribution in [3.05, 3.63) is 23.6 Å². The van der Waals surface area contributed by atoms with E-state index in [1.165, 1.54) is 0 Å². The molecular weight excluding hydrogens is 378 g/mol. The first-order valence-electron chi connectivity index (χ1n) is 9.66. The Bertz CT molecular complexity index is 698. The number of aryl methyl sites for hydroxylation is 2. The number of rotatable bonds is 9. The number of nitrogens with one attached hydrogen (secondary N) is 3. The summed E-state index contributed by atoms with van der Waals surface area (Å²) in [6.45, 7) is 4.63. The Morgan fingerprint density at radius 3 is 2.66 bits per heavy atom. The average Bonchev–Trinajstić information content (AvgIpc) is 2.98. The Morgan fingerprint density at radius 1 is 1.28 bits per heavy atom. The molecule has 0 aliphatic carbocycles. The van der Waals surface area contributed by atoms with Gasteiger partial charge in [0.2, 0.25) is 5.91 Å². The van der Waals surface area contributed by atoms with E-state index < -0.39 is 24.3 Å². The number of aliphatic hydroxyl groups is 1. The van der Waals surface area contributed by atoms with Crippen LogP contribution in [-0.4, -0.2) is 79.1 Å². The molecule has 0 saturated heterocycles. The van der Waals surface area contributed by atoms with Crippen molar-refractivity contribution < 1.29 is 24.0 Å². The van der Waals surface area contributed by atoms with E-state index in [0.29, 0.717) is 23.7 Å². The maximum Gasteiger partial charge on any atom is 0.319 e. The van der Waals surface area contributed by atoms with Crippen LogP contribution in [0.5, 0.6) is 0 Å². The number of ether oxygens (including phenoxy) is 1. The second-order valence-corrected chi connectivity index (χ2v) is 7.31. The molecule has 3 amide bonds. The summed E-state index contributed by atoms with van der Waals surface area (Å²) in [6.07, 6.45) is 3.39. The molecule has 0 radical (unpaired) electrons. The number of carbonyl (C=O) groups excluding carboxylic acids is 2. The quantitative estimate of drug-likeness (QED) is 0.346. The molecule has 3 atom stereocenters. The van der Waals surface area contributed by atoms with Crippen LogP contribution >= 0.6 is 0 Å². The highest BCUT2D eigenvalue weighted by atomic mass is 16.5. The third kappa shape index (κ3) is 7.15. The van der Waals surface area contributed by atoms with E-state index >= 15 is 0 Å². The first-order chi connectivity index (χ1) is 13.8. The summed E-state index contributed by atoms with van der Waals surface area (Å²) in [5.41, 5.74) is 1.08. The van der Waals surface area contributed by atoms with E-state index in [1.807, 2.05) is 14.1 Å². The van der Waals surface area contributed by atoms with Crippen molar-refractivity contribution in [3.63, 3.8) is 0 Å². The molecule has 1 aliphatic rings. The summed E-state index contributed by atoms with van der Waals surface area (Å²) in [5, 5.41) is 21.7. The summed E-state index contributed by atoms with van der Waals surface area (Å²) in [4.78, 5) is 26.4. The number of anilines is 1. The second-order valence-electron chi connectivity index (χ2n) is 7.31. The van der Waals surface area contributed by atoms with Crippen LogP contribution in [0.25, 0.3) is 0 Å². The van der Waals surface area contributed by atoms with Crippen molar-refractivity contribution >= 4 is 17.6 Å². The summed E-state index contributed by atoms with van der Waals surface area (Å²) < 4.78 is 10.8. The van der Waals surface area contributed by atoms with Crippen LogP contribution in [0.15, 0.2) is 16.7 Å². The number of aliphatic hydroxyl groups excluding tert-OH is 1. The molecule has 0 aromatic carbocycles. The van der Waals surface area contributed by atoms with Gasteiger partial charge in [0, 0.05) is 6.54 Å². The number of urea groups is 1. The van der Waals surface area contributed by atoms with E-state index in [0.717, 1.165) is 13.0 Å². The highest BCUT2D eigenvalue weighted by molar-refractivity contribution is 5.90. The van der Waals surface area contributed by atoms with Crippen LogP contribution in [0.1, 0.15) is 24.3 Å². The molecule has 1 aromatic rings. The minimum Gasteiger partial charge on any atom is -0.394 e. The highest BCUT2D eigenvalue weighted by Crippen LogP contribution is 2.19. The monoisotopic (exact) mass is 409 g/mol. The van der Waals surface area contributed by atoms with Crippen molar-refractivity contribution in [2.45, 2.75) is 44.9 Å². The molecule has 0 unspecified atom stereocenters. The van der Waals surface area contributed by atoms with E-state index in [1.54, 1.807) is 26.0 Å². The normalized spacial score (nSPS) is 21.2. The highest BCUT2D eigenvalue weighted by Gasteiger charge is 2.29. The standard InChI is InChI=1S/C19H31N5O5/c1-12-18(13(2)29-23-12)22-19(27)21-15-7-6-14(28-16(15)11-25)10-17(26)20-8-5-9-24(3)4/h6-7,14-16,25H,5,8-11H2,1-4H3,(H,20,26)(H2,21,22,27)/t14-,15-,16-/m0/s1. The third-order valence-electron chi connectivity index (χ3n) is 4.52. The zero-order chi connectivity index (χ0) is 21.4. The van der Waals surface area contributed by atoms with Gasteiger partial charge in [0.15, 0.2) is 5.76 Å². The van der Waals surface area contributed by atoms with Crippen LogP contribution in [0.3, 0.4) is 0 Å². The number of nitrogens with zero attached hydrogens (tertiary/aromatic N) is 2. The van der Waals surface area contributed by atoms with Gasteiger partial charge >= 0.3 is 6.03 Å². The molecule has 0 fully saturated rings. The Morgan fingerprint density at radius 2 is 2.03 bits per heavy atom. The molecule has 0 bridgehead atoms. The zero-order valence-corrected chi connectivity index (χ0v) is 17.4. The molecule has 10 nitrogen and oxygen atoms in total. The van der Waals surface area contributed by atoms with Gasteiger partial charge in [0.1, 0.15) is 17.5 Å². The van der Waals surface area contributed by atoms with Crippen LogP contribution in [0.2, 0.25) is 0 Å². The number of amides is 3. The lowest BCUT2D eigenvalue weighted by Gasteiger charge is -2.31. The maximum absolute atomic E-state index is 12.3. The molecule has 4 N–H and O–H groups in total. The van der Waals surface area contributed by atoms with Crippen molar-refractivity contribution in [3.8, 4) is 0 Å². The van der Waals surface area contributed by atoms with Gasteiger partial charge in [-0.15, -0.1) is 0 Å². The largest absolute Gasteiger partial charge is 0.394 e. The van der Waals surface area contributed by atoms with E-state index in [2.05, 4.69) is 26.0 Å². The van der Waals surface area contributed by atoms with Crippen molar-refractivity contribution in [1.29, 1.82) is 0 Å². The number of hydrogen-bond donors (Lipinski definition) is 4. The summed E-state index contributed by atoms with van der Waals surface area (Å²) in [6, 6.07) is -0.993. The molecule has 1 aromatic heterocycles. The Labute approximate surface area is 170 Å². The van der Waals surface area contributed by atoms with Gasteiger partial charge in [0.25, 0.3) is 0 Å². The summed E-state index contributed by atoms with van der Waals surface area (Å²) in [5.74, 6) is 0.390. The molecule has 2 heterocycles. The van der Waals surface area contributed by atoms with Gasteiger partial charge in [-0.3, -0.25) is 4.79 Å². The fourth-order valence-electron chi connectivity index (χ4n) is 2.98. The van der Waals surface area contributed by atoms with Gasteiger partial charge in [-0.25, -0.2) is 4.79 Å². The van der Waals surface area contributed by atoms with Crippen molar-refractivity contribution in [2.24, 2.45) is 0 Å². The summed E-state index contributed by atoms with van der Waals surface area (Å²) >= 11 is 0. The van der Waals surface area contributed by atoms with Crippen molar-refractivity contribution in [2.75, 3.05) is 39.1 Å². The number of carbonyl (C=O) groups is 2. The molecular formula is C19H31N5O5. The third-order valence-corrected chi connectivity index (χ3v) is 4.52. The lowest BCUT2D eigenvalue weighted by atomic mass is 10.0. The SMILES string of the molecule is Cc1noc(C)c1NC(=O)N[C@H]1C=C[C@@H](CC(=O)NCCCN(C)C)O[C@H]1CO. The average molecular weight is 409 g/mol. The molecule has 10 heteroatoms. The lowest BCUT2D eigenvalue weighted by molar-refractivity contribution is -0.125. The molecule has 1 aliphatic heterocycles. The van der Waals surface area contributed by atoms with E-state index in [4.69, 9.17) is 9.26 Å². The predicted molar refractivity (Wildman–Crippen MR) is 108 cm³/mol. The maximum atomic E-state index is 12.3. The molecule has 0 spiro atoms. The Hall–Kier alpha value is -2.43. The van der Waals surface area contributed by atoms with Gasteiger partial charge < -0.3 is 35.2 Å². The molecule has 2 rings (SSSR count). The zero-order valence-electron chi connectivity index (χ0n) is 17.4. The minimum atomic E-state index is -0.651. The fraction of sp³-hybridized carbons (Fsp3) is 0.632. The first kappa shape index (κ1) is 22.9. The Balaban J connectivity index is 1.83. The molecule has 0 saturated carbocycles. The first-order valence-corrected chi connectivity index (χ1v) is 9.66. The van der Waals surface area contributed by atoms with Crippen LogP contribution in [0.4, 0.5) is 10.5 Å². The topological polar surface area (TPSA) is 129 Å². The second kappa shape index (κ2) is 10.9. The molecule has 162 valence electrons. The number of aromatic nitrogens is 1. The number of hydrogen-bond acceptors (Lipinski definition) is 7. The summed E-state index contributed by atoms with van der Waals surface area (Å²) in [7, 11) is 3.97.